The molecule has 0 saturated carbocycles. The average Bonchev–Trinajstić information content (AvgIpc) is 3.01. The molecule has 5 nitrogen and oxygen atoms in total. The van der Waals surface area contributed by atoms with Crippen molar-refractivity contribution < 1.29 is 0 Å². The smallest absolute Gasteiger partial charge is 0.190 e. The van der Waals surface area contributed by atoms with E-state index in [0.29, 0.717) is 5.92 Å². The summed E-state index contributed by atoms with van der Waals surface area (Å²) in [6.07, 6.45) is 9.39. The first-order chi connectivity index (χ1) is 11.8. The molecule has 0 aliphatic carbocycles. The van der Waals surface area contributed by atoms with E-state index in [4.69, 9.17) is 0 Å². The summed E-state index contributed by atoms with van der Waals surface area (Å²) in [6.45, 7) is 4.88. The van der Waals surface area contributed by atoms with Crippen LogP contribution in [-0.2, 0) is 7.05 Å². The van der Waals surface area contributed by atoms with Crippen LogP contribution in [0.25, 0.3) is 0 Å². The summed E-state index contributed by atoms with van der Waals surface area (Å²) in [5.74, 6) is 3.82. The highest BCUT2D eigenvalue weighted by atomic mass is 32.2. The number of rotatable bonds is 4. The topological polar surface area (TPSA) is 46.0 Å². The molecule has 3 fully saturated rings. The molecule has 6 heteroatoms. The molecule has 2 atom stereocenters. The summed E-state index contributed by atoms with van der Waals surface area (Å²) in [5, 5.41) is 13.6. The van der Waals surface area contributed by atoms with E-state index in [9.17, 15) is 0 Å². The molecule has 1 aromatic heterocycles. The van der Waals surface area contributed by atoms with Crippen molar-refractivity contribution in [1.29, 1.82) is 0 Å². The third kappa shape index (κ3) is 3.51. The number of thioether (sulfide) groups is 1. The second-order valence-electron chi connectivity index (χ2n) is 7.74. The summed E-state index contributed by atoms with van der Waals surface area (Å²) in [4.78, 5) is 2.76. The lowest BCUT2D eigenvalue weighted by Crippen LogP contribution is -2.48. The van der Waals surface area contributed by atoms with Crippen LogP contribution in [0.1, 0.15) is 56.7 Å². The minimum atomic E-state index is 0.585. The number of nitrogens with one attached hydrogen (secondary N) is 1. The van der Waals surface area contributed by atoms with E-state index in [1.165, 1.54) is 69.6 Å². The van der Waals surface area contributed by atoms with Gasteiger partial charge in [-0.15, -0.1) is 10.2 Å². The highest BCUT2D eigenvalue weighted by molar-refractivity contribution is 7.99. The molecule has 0 spiro atoms. The molecule has 3 aliphatic heterocycles. The van der Waals surface area contributed by atoms with Gasteiger partial charge in [-0.3, -0.25) is 0 Å². The zero-order chi connectivity index (χ0) is 16.4. The first-order valence-electron chi connectivity index (χ1n) is 9.80. The molecule has 1 N–H and O–H groups in total. The number of hydrogen-bond acceptors (Lipinski definition) is 5. The van der Waals surface area contributed by atoms with Gasteiger partial charge in [0.2, 0.25) is 0 Å². The molecule has 0 radical (unpaired) electrons. The van der Waals surface area contributed by atoms with Crippen molar-refractivity contribution in [2.24, 2.45) is 13.0 Å². The number of piperidine rings is 3. The highest BCUT2D eigenvalue weighted by Gasteiger charge is 2.33. The Morgan fingerprint density at radius 1 is 1.04 bits per heavy atom. The second kappa shape index (κ2) is 7.75. The van der Waals surface area contributed by atoms with Crippen molar-refractivity contribution >= 4 is 11.8 Å². The van der Waals surface area contributed by atoms with E-state index in [1.807, 2.05) is 11.8 Å². The first kappa shape index (κ1) is 16.9. The standard InChI is InChI=1S/C18H31N5S/c1-22-17(14-7-9-19-10-8-14)20-21-18(22)24-13-15-5-4-12-23-11-3-2-6-16(15)23/h14-16,19H,2-13H2,1H3/t15-,16+/m0/s1. The first-order valence-corrected chi connectivity index (χ1v) is 10.8. The molecule has 1 aromatic rings. The molecule has 134 valence electrons. The van der Waals surface area contributed by atoms with Crippen molar-refractivity contribution in [3.8, 4) is 0 Å². The Labute approximate surface area is 150 Å². The van der Waals surface area contributed by atoms with E-state index in [2.05, 4.69) is 32.0 Å². The average molecular weight is 350 g/mol. The Kier molecular flexibility index (Phi) is 5.44. The van der Waals surface area contributed by atoms with Crippen molar-refractivity contribution in [1.82, 2.24) is 25.0 Å². The Balaban J connectivity index is 1.38. The molecule has 0 amide bonds. The fraction of sp³-hybridized carbons (Fsp3) is 0.889. The van der Waals surface area contributed by atoms with Crippen LogP contribution in [0.15, 0.2) is 5.16 Å². The fourth-order valence-corrected chi connectivity index (χ4v) is 5.98. The van der Waals surface area contributed by atoms with Gasteiger partial charge in [-0.05, 0) is 70.6 Å². The molecule has 0 bridgehead atoms. The Hall–Kier alpha value is -0.590. The lowest BCUT2D eigenvalue weighted by molar-refractivity contribution is 0.0693. The normalized spacial score (nSPS) is 29.5. The van der Waals surface area contributed by atoms with Gasteiger partial charge >= 0.3 is 0 Å². The van der Waals surface area contributed by atoms with Crippen LogP contribution in [0.5, 0.6) is 0 Å². The summed E-state index contributed by atoms with van der Waals surface area (Å²) in [6, 6.07) is 0.831. The van der Waals surface area contributed by atoms with Crippen LogP contribution in [0.2, 0.25) is 0 Å². The van der Waals surface area contributed by atoms with Crippen LogP contribution in [0.3, 0.4) is 0 Å². The summed E-state index contributed by atoms with van der Waals surface area (Å²) >= 11 is 1.94. The van der Waals surface area contributed by atoms with Crippen LogP contribution < -0.4 is 5.32 Å². The van der Waals surface area contributed by atoms with Gasteiger partial charge in [0.05, 0.1) is 0 Å². The Morgan fingerprint density at radius 2 is 1.88 bits per heavy atom. The maximum Gasteiger partial charge on any atom is 0.190 e. The van der Waals surface area contributed by atoms with Gasteiger partial charge in [-0.25, -0.2) is 0 Å². The van der Waals surface area contributed by atoms with E-state index in [1.54, 1.807) is 0 Å². The van der Waals surface area contributed by atoms with Crippen LogP contribution in [0, 0.1) is 5.92 Å². The Morgan fingerprint density at radius 3 is 2.75 bits per heavy atom. The zero-order valence-corrected chi connectivity index (χ0v) is 15.7. The van der Waals surface area contributed by atoms with E-state index < -0.39 is 0 Å². The van der Waals surface area contributed by atoms with Gasteiger partial charge in [-0.1, -0.05) is 18.2 Å². The van der Waals surface area contributed by atoms with Gasteiger partial charge in [0.1, 0.15) is 5.82 Å². The molecule has 4 rings (SSSR count). The van der Waals surface area contributed by atoms with E-state index >= 15 is 0 Å². The van der Waals surface area contributed by atoms with Crippen LogP contribution in [-0.4, -0.2) is 57.6 Å². The van der Waals surface area contributed by atoms with Gasteiger partial charge in [-0.2, -0.15) is 0 Å². The molecule has 0 unspecified atom stereocenters. The highest BCUT2D eigenvalue weighted by Crippen LogP contribution is 2.35. The van der Waals surface area contributed by atoms with Gasteiger partial charge in [0, 0.05) is 24.8 Å². The van der Waals surface area contributed by atoms with E-state index in [-0.39, 0.29) is 0 Å². The molecule has 0 aromatic carbocycles. The maximum atomic E-state index is 4.54. The fourth-order valence-electron chi connectivity index (χ4n) is 4.84. The van der Waals surface area contributed by atoms with Crippen LogP contribution >= 0.6 is 11.8 Å². The number of aromatic nitrogens is 3. The lowest BCUT2D eigenvalue weighted by Gasteiger charge is -2.44. The summed E-state index contributed by atoms with van der Waals surface area (Å²) in [5.41, 5.74) is 0. The molecule has 4 heterocycles. The maximum absolute atomic E-state index is 4.54. The molecular formula is C18H31N5S. The zero-order valence-electron chi connectivity index (χ0n) is 14.9. The summed E-state index contributed by atoms with van der Waals surface area (Å²) < 4.78 is 2.27. The largest absolute Gasteiger partial charge is 0.317 e. The molecule has 3 aliphatic rings. The van der Waals surface area contributed by atoms with Crippen molar-refractivity contribution in [3.05, 3.63) is 5.82 Å². The van der Waals surface area contributed by atoms with Gasteiger partial charge in [0.15, 0.2) is 5.16 Å². The van der Waals surface area contributed by atoms with Crippen LogP contribution in [0.4, 0.5) is 0 Å². The number of nitrogens with zero attached hydrogens (tertiary/aromatic N) is 4. The summed E-state index contributed by atoms with van der Waals surface area (Å²) in [7, 11) is 2.16. The van der Waals surface area contributed by atoms with Gasteiger partial charge in [0.25, 0.3) is 0 Å². The third-order valence-corrected chi connectivity index (χ3v) is 7.44. The quantitative estimate of drug-likeness (QED) is 0.847. The van der Waals surface area contributed by atoms with E-state index in [0.717, 1.165) is 30.2 Å². The predicted octanol–water partition coefficient (Wildman–Crippen LogP) is 2.64. The SMILES string of the molecule is Cn1c(SC[C@@H]2CCCN3CCCC[C@H]23)nnc1C1CCNCC1. The molecule has 24 heavy (non-hydrogen) atoms. The van der Waals surface area contributed by atoms with Crippen molar-refractivity contribution in [2.45, 2.75) is 62.1 Å². The predicted molar refractivity (Wildman–Crippen MR) is 98.5 cm³/mol. The second-order valence-corrected chi connectivity index (χ2v) is 8.72. The molecular weight excluding hydrogens is 318 g/mol. The monoisotopic (exact) mass is 349 g/mol. The number of fused-ring (bicyclic) bond motifs is 1. The number of hydrogen-bond donors (Lipinski definition) is 1. The molecule has 3 saturated heterocycles. The van der Waals surface area contributed by atoms with Crippen molar-refractivity contribution in [3.63, 3.8) is 0 Å². The third-order valence-electron chi connectivity index (χ3n) is 6.23. The Bertz CT molecular complexity index is 538. The minimum absolute atomic E-state index is 0.585. The minimum Gasteiger partial charge on any atom is -0.317 e. The lowest BCUT2D eigenvalue weighted by atomic mass is 9.85. The van der Waals surface area contributed by atoms with Crippen molar-refractivity contribution in [2.75, 3.05) is 31.9 Å². The van der Waals surface area contributed by atoms with Gasteiger partial charge < -0.3 is 14.8 Å².